The zero-order valence-corrected chi connectivity index (χ0v) is 10.7. The van der Waals surface area contributed by atoms with E-state index in [1.165, 1.54) is 0 Å². The quantitative estimate of drug-likeness (QED) is 0.667. The highest BCUT2D eigenvalue weighted by atomic mass is 16.4. The number of allylic oxidation sites excluding steroid dienone is 2. The summed E-state index contributed by atoms with van der Waals surface area (Å²) in [6, 6.07) is 19.3. The van der Waals surface area contributed by atoms with E-state index in [4.69, 9.17) is 5.21 Å². The molecule has 0 saturated heterocycles. The predicted octanol–water partition coefficient (Wildman–Crippen LogP) is 3.27. The van der Waals surface area contributed by atoms with Crippen molar-refractivity contribution in [2.24, 2.45) is 5.16 Å². The molecular formula is C17H13NO2. The van der Waals surface area contributed by atoms with E-state index in [9.17, 15) is 4.79 Å². The van der Waals surface area contributed by atoms with Crippen molar-refractivity contribution < 1.29 is 10.0 Å². The average molecular weight is 263 g/mol. The minimum absolute atomic E-state index is 0.176. The van der Waals surface area contributed by atoms with Crippen LogP contribution in [0, 0.1) is 0 Å². The second-order valence-electron chi connectivity index (χ2n) is 4.66. The molecule has 2 aromatic carbocycles. The van der Waals surface area contributed by atoms with E-state index in [0.29, 0.717) is 0 Å². The molecular weight excluding hydrogens is 250 g/mol. The molecule has 3 heteroatoms. The van der Waals surface area contributed by atoms with Gasteiger partial charge in [0.1, 0.15) is 5.71 Å². The summed E-state index contributed by atoms with van der Waals surface area (Å²) in [5, 5.41) is 12.4. The second-order valence-corrected chi connectivity index (χ2v) is 4.66. The molecule has 3 nitrogen and oxygen atoms in total. The van der Waals surface area contributed by atoms with Crippen molar-refractivity contribution in [3.05, 3.63) is 77.9 Å². The van der Waals surface area contributed by atoms with E-state index in [-0.39, 0.29) is 17.4 Å². The van der Waals surface area contributed by atoms with Gasteiger partial charge >= 0.3 is 0 Å². The summed E-state index contributed by atoms with van der Waals surface area (Å²) in [7, 11) is 0. The number of nitrogens with zero attached hydrogens (tertiary/aromatic N) is 1. The van der Waals surface area contributed by atoms with E-state index in [0.717, 1.165) is 16.7 Å². The van der Waals surface area contributed by atoms with Crippen molar-refractivity contribution in [2.45, 2.75) is 5.92 Å². The van der Waals surface area contributed by atoms with Gasteiger partial charge in [-0.05, 0) is 22.8 Å². The van der Waals surface area contributed by atoms with Crippen molar-refractivity contribution in [3.63, 3.8) is 0 Å². The van der Waals surface area contributed by atoms with Gasteiger partial charge in [-0.15, -0.1) is 0 Å². The number of carbonyl (C=O) groups is 1. The predicted molar refractivity (Wildman–Crippen MR) is 77.8 cm³/mol. The second kappa shape index (κ2) is 5.13. The van der Waals surface area contributed by atoms with Crippen LogP contribution in [0.3, 0.4) is 0 Å². The topological polar surface area (TPSA) is 49.7 Å². The smallest absolute Gasteiger partial charge is 0.204 e. The number of hydrogen-bond acceptors (Lipinski definition) is 3. The van der Waals surface area contributed by atoms with E-state index in [2.05, 4.69) is 5.16 Å². The highest BCUT2D eigenvalue weighted by Crippen LogP contribution is 2.38. The maximum Gasteiger partial charge on any atom is 0.204 e. The fourth-order valence-electron chi connectivity index (χ4n) is 2.56. The maximum absolute atomic E-state index is 12.0. The van der Waals surface area contributed by atoms with Gasteiger partial charge in [0.25, 0.3) is 0 Å². The first-order chi connectivity index (χ1) is 9.81. The SMILES string of the molecule is O=C1C=C(c2ccccc2)[C@H](c2ccccc2)/C1=N\O. The Morgan fingerprint density at radius 2 is 1.50 bits per heavy atom. The molecule has 1 N–H and O–H groups in total. The zero-order chi connectivity index (χ0) is 13.9. The van der Waals surface area contributed by atoms with Crippen LogP contribution in [-0.2, 0) is 4.79 Å². The van der Waals surface area contributed by atoms with E-state index in [1.54, 1.807) is 6.08 Å². The molecule has 0 heterocycles. The molecule has 0 amide bonds. The standard InChI is InChI=1S/C17H13NO2/c19-15-11-14(12-7-3-1-4-8-12)16(17(15)18-20)13-9-5-2-6-10-13/h1-11,16,20H/b18-17-/t16-/m0/s1. The summed E-state index contributed by atoms with van der Waals surface area (Å²) in [4.78, 5) is 12.0. The molecule has 1 aliphatic carbocycles. The van der Waals surface area contributed by atoms with Crippen LogP contribution >= 0.6 is 0 Å². The largest absolute Gasteiger partial charge is 0.411 e. The molecule has 98 valence electrons. The summed E-state index contributed by atoms with van der Waals surface area (Å²) in [6.45, 7) is 0. The van der Waals surface area contributed by atoms with Crippen LogP contribution in [0.25, 0.3) is 5.57 Å². The van der Waals surface area contributed by atoms with Crippen molar-refractivity contribution in [1.82, 2.24) is 0 Å². The van der Waals surface area contributed by atoms with Gasteiger partial charge in [0.05, 0.1) is 5.92 Å². The molecule has 0 aromatic heterocycles. The fourth-order valence-corrected chi connectivity index (χ4v) is 2.56. The van der Waals surface area contributed by atoms with Crippen molar-refractivity contribution >= 4 is 17.1 Å². The van der Waals surface area contributed by atoms with Crippen LogP contribution in [0.2, 0.25) is 0 Å². The summed E-state index contributed by atoms with van der Waals surface area (Å²) < 4.78 is 0. The summed E-state index contributed by atoms with van der Waals surface area (Å²) in [6.07, 6.45) is 1.56. The Kier molecular flexibility index (Phi) is 3.17. The Hall–Kier alpha value is -2.68. The molecule has 0 spiro atoms. The fraction of sp³-hybridized carbons (Fsp3) is 0.0588. The lowest BCUT2D eigenvalue weighted by atomic mass is 9.87. The molecule has 0 bridgehead atoms. The third kappa shape index (κ3) is 2.03. The van der Waals surface area contributed by atoms with Crippen molar-refractivity contribution in [2.75, 3.05) is 0 Å². The molecule has 1 atom stereocenters. The van der Waals surface area contributed by atoms with Crippen LogP contribution in [0.15, 0.2) is 71.9 Å². The monoisotopic (exact) mass is 263 g/mol. The summed E-state index contributed by atoms with van der Waals surface area (Å²) in [5.74, 6) is -0.545. The first kappa shape index (κ1) is 12.4. The molecule has 0 unspecified atom stereocenters. The van der Waals surface area contributed by atoms with E-state index in [1.807, 2.05) is 60.7 Å². The Morgan fingerprint density at radius 3 is 2.10 bits per heavy atom. The highest BCUT2D eigenvalue weighted by molar-refractivity contribution is 6.52. The first-order valence-electron chi connectivity index (χ1n) is 6.39. The minimum atomic E-state index is -0.309. The first-order valence-corrected chi connectivity index (χ1v) is 6.39. The Morgan fingerprint density at radius 1 is 0.900 bits per heavy atom. The summed E-state index contributed by atoms with van der Waals surface area (Å²) >= 11 is 0. The number of carbonyl (C=O) groups excluding carboxylic acids is 1. The van der Waals surface area contributed by atoms with E-state index < -0.39 is 0 Å². The Bertz CT molecular complexity index is 687. The molecule has 1 aliphatic rings. The Balaban J connectivity index is 2.13. The summed E-state index contributed by atoms with van der Waals surface area (Å²) in [5.41, 5.74) is 2.96. The highest BCUT2D eigenvalue weighted by Gasteiger charge is 2.34. The molecule has 0 saturated carbocycles. The van der Waals surface area contributed by atoms with Crippen LogP contribution in [0.4, 0.5) is 0 Å². The third-order valence-electron chi connectivity index (χ3n) is 3.47. The molecule has 2 aromatic rings. The molecule has 0 aliphatic heterocycles. The third-order valence-corrected chi connectivity index (χ3v) is 3.47. The number of rotatable bonds is 2. The lowest BCUT2D eigenvalue weighted by Crippen LogP contribution is -2.15. The number of hydrogen-bond donors (Lipinski definition) is 1. The average Bonchev–Trinajstić information content (AvgIpc) is 2.85. The molecule has 0 radical (unpaired) electrons. The van der Waals surface area contributed by atoms with Gasteiger partial charge in [-0.3, -0.25) is 4.79 Å². The van der Waals surface area contributed by atoms with Gasteiger partial charge in [-0.1, -0.05) is 65.8 Å². The van der Waals surface area contributed by atoms with Gasteiger partial charge in [0, 0.05) is 0 Å². The number of ketones is 1. The molecule has 0 fully saturated rings. The van der Waals surface area contributed by atoms with Crippen molar-refractivity contribution in [3.8, 4) is 0 Å². The van der Waals surface area contributed by atoms with Crippen LogP contribution in [-0.4, -0.2) is 16.7 Å². The zero-order valence-electron chi connectivity index (χ0n) is 10.7. The van der Waals surface area contributed by atoms with Crippen LogP contribution in [0.5, 0.6) is 0 Å². The van der Waals surface area contributed by atoms with Crippen LogP contribution in [0.1, 0.15) is 17.0 Å². The van der Waals surface area contributed by atoms with Gasteiger partial charge in [0.15, 0.2) is 0 Å². The van der Waals surface area contributed by atoms with E-state index >= 15 is 0 Å². The normalized spacial score (nSPS) is 20.2. The maximum atomic E-state index is 12.0. The molecule has 3 rings (SSSR count). The minimum Gasteiger partial charge on any atom is -0.411 e. The number of oxime groups is 1. The molecule has 20 heavy (non-hydrogen) atoms. The van der Waals surface area contributed by atoms with Crippen molar-refractivity contribution in [1.29, 1.82) is 0 Å². The lowest BCUT2D eigenvalue weighted by molar-refractivity contribution is -0.108. The van der Waals surface area contributed by atoms with Gasteiger partial charge < -0.3 is 5.21 Å². The van der Waals surface area contributed by atoms with Gasteiger partial charge in [0.2, 0.25) is 5.78 Å². The number of benzene rings is 2. The van der Waals surface area contributed by atoms with Gasteiger partial charge in [-0.25, -0.2) is 0 Å². The van der Waals surface area contributed by atoms with Gasteiger partial charge in [-0.2, -0.15) is 0 Å². The lowest BCUT2D eigenvalue weighted by Gasteiger charge is -2.15. The van der Waals surface area contributed by atoms with Crippen LogP contribution < -0.4 is 0 Å². The Labute approximate surface area is 116 Å².